The number of amides is 2. The van der Waals surface area contributed by atoms with Crippen LogP contribution in [0.4, 0.5) is 10.5 Å². The van der Waals surface area contributed by atoms with E-state index in [-0.39, 0.29) is 18.1 Å². The molecule has 0 fully saturated rings. The Morgan fingerprint density at radius 3 is 2.20 bits per heavy atom. The van der Waals surface area contributed by atoms with E-state index in [1.165, 1.54) is 0 Å². The molecular weight excluding hydrogens is 250 g/mol. The number of rotatable bonds is 5. The topological polar surface area (TPSA) is 58.4 Å². The summed E-state index contributed by atoms with van der Waals surface area (Å²) < 4.78 is 0. The molecule has 0 radical (unpaired) electrons. The Morgan fingerprint density at radius 2 is 1.75 bits per heavy atom. The molecule has 0 bridgehead atoms. The molecule has 1 aromatic carbocycles. The summed E-state index contributed by atoms with van der Waals surface area (Å²) >= 11 is 0. The summed E-state index contributed by atoms with van der Waals surface area (Å²) in [5, 5.41) is 2.91. The normalized spacial score (nSPS) is 13.9. The van der Waals surface area contributed by atoms with Crippen molar-refractivity contribution in [1.82, 2.24) is 4.90 Å². The molecule has 0 aliphatic heterocycles. The van der Waals surface area contributed by atoms with Gasteiger partial charge >= 0.3 is 6.03 Å². The number of anilines is 1. The molecule has 2 atom stereocenters. The van der Waals surface area contributed by atoms with Gasteiger partial charge in [0.2, 0.25) is 0 Å². The molecule has 2 amide bonds. The van der Waals surface area contributed by atoms with Crippen LogP contribution < -0.4 is 11.1 Å². The van der Waals surface area contributed by atoms with Crippen LogP contribution in [0.5, 0.6) is 0 Å². The molecule has 2 unspecified atom stereocenters. The summed E-state index contributed by atoms with van der Waals surface area (Å²) in [6.07, 6.45) is 0.994. The number of hydrogen-bond donors (Lipinski definition) is 2. The fourth-order valence-corrected chi connectivity index (χ4v) is 2.12. The lowest BCUT2D eigenvalue weighted by Gasteiger charge is -2.26. The third-order valence-corrected chi connectivity index (χ3v) is 3.48. The largest absolute Gasteiger partial charge is 0.325 e. The summed E-state index contributed by atoms with van der Waals surface area (Å²) in [4.78, 5) is 13.9. The standard InChI is InChI=1S/C16H27N3O/c1-11(2)10-12(3)19(5)16(20)18-15-8-6-14(7-9-15)13(4)17/h6-9,11-13H,10,17H2,1-5H3,(H,18,20). The highest BCUT2D eigenvalue weighted by Gasteiger charge is 2.16. The second-order valence-electron chi connectivity index (χ2n) is 5.93. The van der Waals surface area contributed by atoms with Gasteiger partial charge < -0.3 is 16.0 Å². The van der Waals surface area contributed by atoms with Gasteiger partial charge in [0.15, 0.2) is 0 Å². The van der Waals surface area contributed by atoms with E-state index >= 15 is 0 Å². The highest BCUT2D eigenvalue weighted by Crippen LogP contribution is 2.16. The Balaban J connectivity index is 2.61. The van der Waals surface area contributed by atoms with Crippen molar-refractivity contribution in [3.63, 3.8) is 0 Å². The zero-order valence-electron chi connectivity index (χ0n) is 13.2. The molecule has 0 aromatic heterocycles. The van der Waals surface area contributed by atoms with Gasteiger partial charge in [0, 0.05) is 24.8 Å². The average molecular weight is 277 g/mol. The molecule has 20 heavy (non-hydrogen) atoms. The van der Waals surface area contributed by atoms with Gasteiger partial charge in [-0.25, -0.2) is 4.79 Å². The molecule has 1 rings (SSSR count). The van der Waals surface area contributed by atoms with Crippen LogP contribution in [0, 0.1) is 5.92 Å². The predicted molar refractivity (Wildman–Crippen MR) is 84.7 cm³/mol. The van der Waals surface area contributed by atoms with E-state index in [1.807, 2.05) is 38.2 Å². The number of urea groups is 1. The van der Waals surface area contributed by atoms with Crippen molar-refractivity contribution in [3.8, 4) is 0 Å². The number of hydrogen-bond acceptors (Lipinski definition) is 2. The fraction of sp³-hybridized carbons (Fsp3) is 0.562. The SMILES string of the molecule is CC(C)CC(C)N(C)C(=O)Nc1ccc(C(C)N)cc1. The van der Waals surface area contributed by atoms with Gasteiger partial charge in [0.25, 0.3) is 0 Å². The first-order valence-electron chi connectivity index (χ1n) is 7.20. The maximum Gasteiger partial charge on any atom is 0.321 e. The highest BCUT2D eigenvalue weighted by atomic mass is 16.2. The van der Waals surface area contributed by atoms with Crippen LogP contribution in [-0.4, -0.2) is 24.0 Å². The van der Waals surface area contributed by atoms with Crippen molar-refractivity contribution >= 4 is 11.7 Å². The Bertz CT molecular complexity index is 426. The van der Waals surface area contributed by atoms with Crippen molar-refractivity contribution in [2.24, 2.45) is 11.7 Å². The minimum Gasteiger partial charge on any atom is -0.325 e. The number of nitrogens with one attached hydrogen (secondary N) is 1. The number of carbonyl (C=O) groups is 1. The molecular formula is C16H27N3O. The second kappa shape index (κ2) is 7.29. The minimum atomic E-state index is -0.0771. The third-order valence-electron chi connectivity index (χ3n) is 3.48. The van der Waals surface area contributed by atoms with Crippen molar-refractivity contribution in [3.05, 3.63) is 29.8 Å². The number of benzene rings is 1. The van der Waals surface area contributed by atoms with Gasteiger partial charge in [-0.2, -0.15) is 0 Å². The monoisotopic (exact) mass is 277 g/mol. The molecule has 0 aliphatic rings. The molecule has 4 heteroatoms. The zero-order chi connectivity index (χ0) is 15.3. The first-order chi connectivity index (χ1) is 9.31. The van der Waals surface area contributed by atoms with E-state index in [0.29, 0.717) is 5.92 Å². The lowest BCUT2D eigenvalue weighted by atomic mass is 10.0. The van der Waals surface area contributed by atoms with E-state index in [4.69, 9.17) is 5.73 Å². The zero-order valence-corrected chi connectivity index (χ0v) is 13.2. The average Bonchev–Trinajstić information content (AvgIpc) is 2.37. The summed E-state index contributed by atoms with van der Waals surface area (Å²) in [5.41, 5.74) is 7.66. The van der Waals surface area contributed by atoms with Crippen LogP contribution in [0.15, 0.2) is 24.3 Å². The quantitative estimate of drug-likeness (QED) is 0.864. The molecule has 0 saturated carbocycles. The van der Waals surface area contributed by atoms with Gasteiger partial charge in [0.1, 0.15) is 0 Å². The second-order valence-corrected chi connectivity index (χ2v) is 5.93. The molecule has 3 N–H and O–H groups in total. The summed E-state index contributed by atoms with van der Waals surface area (Å²) in [6.45, 7) is 8.33. The first-order valence-corrected chi connectivity index (χ1v) is 7.20. The Hall–Kier alpha value is -1.55. The maximum atomic E-state index is 12.1. The van der Waals surface area contributed by atoms with Crippen LogP contribution >= 0.6 is 0 Å². The highest BCUT2D eigenvalue weighted by molar-refractivity contribution is 5.89. The fourth-order valence-electron chi connectivity index (χ4n) is 2.12. The third kappa shape index (κ3) is 4.85. The smallest absolute Gasteiger partial charge is 0.321 e. The number of nitrogens with two attached hydrogens (primary N) is 1. The number of carbonyl (C=O) groups excluding carboxylic acids is 1. The molecule has 1 aromatic rings. The van der Waals surface area contributed by atoms with Gasteiger partial charge in [0.05, 0.1) is 0 Å². The van der Waals surface area contributed by atoms with E-state index < -0.39 is 0 Å². The lowest BCUT2D eigenvalue weighted by molar-refractivity contribution is 0.200. The van der Waals surface area contributed by atoms with Crippen LogP contribution in [-0.2, 0) is 0 Å². The van der Waals surface area contributed by atoms with E-state index in [2.05, 4.69) is 26.1 Å². The van der Waals surface area contributed by atoms with E-state index in [1.54, 1.807) is 4.90 Å². The van der Waals surface area contributed by atoms with Gasteiger partial charge in [-0.3, -0.25) is 0 Å². The minimum absolute atomic E-state index is 0.00786. The Labute approximate surface area is 122 Å². The predicted octanol–water partition coefficient (Wildman–Crippen LogP) is 3.60. The van der Waals surface area contributed by atoms with Crippen LogP contribution in [0.1, 0.15) is 45.7 Å². The van der Waals surface area contributed by atoms with Crippen LogP contribution in [0.2, 0.25) is 0 Å². The lowest BCUT2D eigenvalue weighted by Crippen LogP contribution is -2.38. The molecule has 0 spiro atoms. The van der Waals surface area contributed by atoms with Crippen molar-refractivity contribution in [2.45, 2.75) is 46.2 Å². The molecule has 0 saturated heterocycles. The first kappa shape index (κ1) is 16.5. The molecule has 4 nitrogen and oxygen atoms in total. The van der Waals surface area contributed by atoms with Crippen LogP contribution in [0.3, 0.4) is 0 Å². The van der Waals surface area contributed by atoms with Crippen LogP contribution in [0.25, 0.3) is 0 Å². The summed E-state index contributed by atoms with van der Waals surface area (Å²) in [5.74, 6) is 0.575. The van der Waals surface area contributed by atoms with E-state index in [9.17, 15) is 4.79 Å². The van der Waals surface area contributed by atoms with Gasteiger partial charge in [-0.1, -0.05) is 26.0 Å². The van der Waals surface area contributed by atoms with E-state index in [0.717, 1.165) is 17.7 Å². The van der Waals surface area contributed by atoms with Crippen molar-refractivity contribution < 1.29 is 4.79 Å². The molecule has 112 valence electrons. The summed E-state index contributed by atoms with van der Waals surface area (Å²) in [7, 11) is 1.83. The van der Waals surface area contributed by atoms with Crippen molar-refractivity contribution in [2.75, 3.05) is 12.4 Å². The summed E-state index contributed by atoms with van der Waals surface area (Å²) in [6, 6.07) is 7.81. The maximum absolute atomic E-state index is 12.1. The Morgan fingerprint density at radius 1 is 1.20 bits per heavy atom. The Kier molecular flexibility index (Phi) is 6.02. The van der Waals surface area contributed by atoms with Gasteiger partial charge in [-0.05, 0) is 43.9 Å². The van der Waals surface area contributed by atoms with Crippen molar-refractivity contribution in [1.29, 1.82) is 0 Å². The molecule has 0 aliphatic carbocycles. The molecule has 0 heterocycles. The number of nitrogens with zero attached hydrogens (tertiary/aromatic N) is 1. The van der Waals surface area contributed by atoms with Gasteiger partial charge in [-0.15, -0.1) is 0 Å².